The number of benzene rings is 3. The van der Waals surface area contributed by atoms with Gasteiger partial charge in [0.05, 0.1) is 22.7 Å². The van der Waals surface area contributed by atoms with Crippen molar-refractivity contribution in [2.75, 3.05) is 28.6 Å². The summed E-state index contributed by atoms with van der Waals surface area (Å²) in [6, 6.07) is 18.9. The number of hydrogen-bond acceptors (Lipinski definition) is 5. The lowest BCUT2D eigenvalue weighted by Crippen LogP contribution is -2.32. The molecule has 0 bridgehead atoms. The molecule has 0 fully saturated rings. The van der Waals surface area contributed by atoms with Gasteiger partial charge in [-0.15, -0.1) is 0 Å². The van der Waals surface area contributed by atoms with Crippen LogP contribution in [-0.4, -0.2) is 33.3 Å². The summed E-state index contributed by atoms with van der Waals surface area (Å²) in [4.78, 5) is 27.5. The first kappa shape index (κ1) is 22.5. The molecule has 3 aromatic carbocycles. The van der Waals surface area contributed by atoms with E-state index in [2.05, 4.69) is 10.6 Å². The van der Waals surface area contributed by atoms with Gasteiger partial charge in [0.25, 0.3) is 5.91 Å². The van der Waals surface area contributed by atoms with Gasteiger partial charge >= 0.3 is 0 Å². The number of anilines is 3. The quantitative estimate of drug-likeness (QED) is 0.518. The van der Waals surface area contributed by atoms with E-state index in [4.69, 9.17) is 5.14 Å². The lowest BCUT2D eigenvalue weighted by molar-refractivity contribution is -0.115. The standard InChI is InChI=1S/C24H24N4O4S/c1-16-5-4-6-18(13-16)26-24(30)20-7-2-3-8-21(20)27-23(29)15-28-12-11-17-14-19(33(25,31)32)9-10-22(17)28/h2-10,13-14H,11-12,15H2,1H3,(H,26,30)(H,27,29)(H2,25,31,32). The van der Waals surface area contributed by atoms with Crippen molar-refractivity contribution >= 4 is 38.9 Å². The number of nitrogens with zero attached hydrogens (tertiary/aromatic N) is 1. The molecule has 0 atom stereocenters. The second-order valence-electron chi connectivity index (χ2n) is 7.92. The normalized spacial score (nSPS) is 12.8. The van der Waals surface area contributed by atoms with E-state index in [1.807, 2.05) is 30.0 Å². The molecule has 0 unspecified atom stereocenters. The first-order valence-electron chi connectivity index (χ1n) is 10.4. The Labute approximate surface area is 192 Å². The Morgan fingerprint density at radius 1 is 1.00 bits per heavy atom. The maximum atomic E-state index is 12.8. The van der Waals surface area contributed by atoms with Gasteiger partial charge in [-0.1, -0.05) is 24.3 Å². The van der Waals surface area contributed by atoms with Gasteiger partial charge in [-0.2, -0.15) is 0 Å². The summed E-state index contributed by atoms with van der Waals surface area (Å²) in [7, 11) is -3.78. The Hall–Kier alpha value is -3.69. The highest BCUT2D eigenvalue weighted by Gasteiger charge is 2.23. The molecule has 0 aliphatic carbocycles. The molecular formula is C24H24N4O4S. The van der Waals surface area contributed by atoms with Crippen LogP contribution in [0.25, 0.3) is 0 Å². The second-order valence-corrected chi connectivity index (χ2v) is 9.49. The number of para-hydroxylation sites is 1. The number of rotatable bonds is 6. The predicted molar refractivity (Wildman–Crippen MR) is 128 cm³/mol. The SMILES string of the molecule is Cc1cccc(NC(=O)c2ccccc2NC(=O)CN2CCc3cc(S(N)(=O)=O)ccc32)c1. The third kappa shape index (κ3) is 5.21. The minimum Gasteiger partial charge on any atom is -0.362 e. The fraction of sp³-hybridized carbons (Fsp3) is 0.167. The van der Waals surface area contributed by atoms with E-state index in [0.29, 0.717) is 29.9 Å². The first-order chi connectivity index (χ1) is 15.7. The molecule has 1 aliphatic rings. The van der Waals surface area contributed by atoms with Gasteiger partial charge < -0.3 is 15.5 Å². The van der Waals surface area contributed by atoms with Crippen LogP contribution in [0.5, 0.6) is 0 Å². The van der Waals surface area contributed by atoms with Crippen LogP contribution in [0.15, 0.2) is 71.6 Å². The number of carbonyl (C=O) groups excluding carboxylic acids is 2. The van der Waals surface area contributed by atoms with E-state index in [-0.39, 0.29) is 23.3 Å². The van der Waals surface area contributed by atoms with Crippen molar-refractivity contribution in [1.82, 2.24) is 0 Å². The largest absolute Gasteiger partial charge is 0.362 e. The van der Waals surface area contributed by atoms with Crippen LogP contribution in [0.4, 0.5) is 17.1 Å². The topological polar surface area (TPSA) is 122 Å². The number of aryl methyl sites for hydroxylation is 1. The van der Waals surface area contributed by atoms with Crippen LogP contribution in [0.2, 0.25) is 0 Å². The van der Waals surface area contributed by atoms with Crippen molar-refractivity contribution in [3.63, 3.8) is 0 Å². The average molecular weight is 465 g/mol. The number of amides is 2. The van der Waals surface area contributed by atoms with Crippen LogP contribution >= 0.6 is 0 Å². The fourth-order valence-corrected chi connectivity index (χ4v) is 4.43. The van der Waals surface area contributed by atoms with Crippen molar-refractivity contribution in [3.05, 3.63) is 83.4 Å². The van der Waals surface area contributed by atoms with E-state index in [1.165, 1.54) is 6.07 Å². The summed E-state index contributed by atoms with van der Waals surface area (Å²) in [5.41, 5.74) is 4.09. The summed E-state index contributed by atoms with van der Waals surface area (Å²) in [6.45, 7) is 2.58. The first-order valence-corrected chi connectivity index (χ1v) is 11.9. The summed E-state index contributed by atoms with van der Waals surface area (Å²) in [5.74, 6) is -0.604. The van der Waals surface area contributed by atoms with Crippen molar-refractivity contribution in [2.24, 2.45) is 5.14 Å². The van der Waals surface area contributed by atoms with Crippen molar-refractivity contribution in [2.45, 2.75) is 18.2 Å². The molecule has 4 rings (SSSR count). The van der Waals surface area contributed by atoms with Crippen molar-refractivity contribution in [3.8, 4) is 0 Å². The third-order valence-electron chi connectivity index (χ3n) is 5.43. The smallest absolute Gasteiger partial charge is 0.257 e. The number of nitrogens with two attached hydrogens (primary N) is 1. The molecule has 0 saturated heterocycles. The Balaban J connectivity index is 1.46. The number of sulfonamides is 1. The van der Waals surface area contributed by atoms with Gasteiger partial charge in [-0.3, -0.25) is 9.59 Å². The third-order valence-corrected chi connectivity index (χ3v) is 6.34. The summed E-state index contributed by atoms with van der Waals surface area (Å²) in [5, 5.41) is 10.9. The van der Waals surface area contributed by atoms with Gasteiger partial charge in [0.2, 0.25) is 15.9 Å². The van der Waals surface area contributed by atoms with Gasteiger partial charge in [0.15, 0.2) is 0 Å². The monoisotopic (exact) mass is 464 g/mol. The average Bonchev–Trinajstić information content (AvgIpc) is 3.15. The zero-order chi connectivity index (χ0) is 23.6. The molecule has 2 amide bonds. The van der Waals surface area contributed by atoms with Gasteiger partial charge in [-0.25, -0.2) is 13.6 Å². The van der Waals surface area contributed by atoms with Crippen LogP contribution in [0.3, 0.4) is 0 Å². The van der Waals surface area contributed by atoms with Crippen molar-refractivity contribution in [1.29, 1.82) is 0 Å². The predicted octanol–water partition coefficient (Wildman–Crippen LogP) is 2.90. The van der Waals surface area contributed by atoms with Gasteiger partial charge in [-0.05, 0) is 66.9 Å². The second kappa shape index (κ2) is 9.05. The molecule has 0 aromatic heterocycles. The fourth-order valence-electron chi connectivity index (χ4n) is 3.86. The van der Waals surface area contributed by atoms with Crippen LogP contribution in [0.1, 0.15) is 21.5 Å². The molecular weight excluding hydrogens is 440 g/mol. The molecule has 170 valence electrons. The molecule has 4 N–H and O–H groups in total. The van der Waals surface area contributed by atoms with Crippen LogP contribution in [-0.2, 0) is 21.2 Å². The lowest BCUT2D eigenvalue weighted by Gasteiger charge is -2.19. The molecule has 33 heavy (non-hydrogen) atoms. The summed E-state index contributed by atoms with van der Waals surface area (Å²) in [6.07, 6.45) is 0.613. The molecule has 9 heteroatoms. The number of fused-ring (bicyclic) bond motifs is 1. The van der Waals surface area contributed by atoms with Gasteiger partial charge in [0.1, 0.15) is 0 Å². The Kier molecular flexibility index (Phi) is 6.17. The van der Waals surface area contributed by atoms with E-state index < -0.39 is 10.0 Å². The van der Waals surface area contributed by atoms with Crippen LogP contribution < -0.4 is 20.7 Å². The highest BCUT2D eigenvalue weighted by Crippen LogP contribution is 2.30. The van der Waals surface area contributed by atoms with E-state index in [9.17, 15) is 18.0 Å². The summed E-state index contributed by atoms with van der Waals surface area (Å²) >= 11 is 0. The van der Waals surface area contributed by atoms with E-state index in [0.717, 1.165) is 16.8 Å². The van der Waals surface area contributed by atoms with E-state index in [1.54, 1.807) is 42.5 Å². The molecule has 8 nitrogen and oxygen atoms in total. The molecule has 1 heterocycles. The molecule has 1 aliphatic heterocycles. The molecule has 3 aromatic rings. The Morgan fingerprint density at radius 3 is 2.55 bits per heavy atom. The zero-order valence-corrected chi connectivity index (χ0v) is 18.9. The Morgan fingerprint density at radius 2 is 1.79 bits per heavy atom. The lowest BCUT2D eigenvalue weighted by atomic mass is 10.1. The Bertz CT molecular complexity index is 1340. The molecule has 0 saturated carbocycles. The number of carbonyl (C=O) groups is 2. The summed E-state index contributed by atoms with van der Waals surface area (Å²) < 4.78 is 23.2. The maximum absolute atomic E-state index is 12.8. The number of nitrogens with one attached hydrogen (secondary N) is 2. The minimum absolute atomic E-state index is 0.0566. The highest BCUT2D eigenvalue weighted by molar-refractivity contribution is 7.89. The zero-order valence-electron chi connectivity index (χ0n) is 18.0. The number of hydrogen-bond donors (Lipinski definition) is 3. The molecule has 0 spiro atoms. The molecule has 0 radical (unpaired) electrons. The van der Waals surface area contributed by atoms with E-state index >= 15 is 0 Å². The maximum Gasteiger partial charge on any atom is 0.257 e. The van der Waals surface area contributed by atoms with Crippen molar-refractivity contribution < 1.29 is 18.0 Å². The van der Waals surface area contributed by atoms with Crippen LogP contribution in [0, 0.1) is 6.92 Å². The highest BCUT2D eigenvalue weighted by atomic mass is 32.2. The van der Waals surface area contributed by atoms with Gasteiger partial charge in [0, 0.05) is 17.9 Å². The minimum atomic E-state index is -3.78. The number of primary sulfonamides is 1.